The van der Waals surface area contributed by atoms with E-state index in [-0.39, 0.29) is 23.9 Å². The lowest BCUT2D eigenvalue weighted by molar-refractivity contribution is -0.121. The summed E-state index contributed by atoms with van der Waals surface area (Å²) in [6.07, 6.45) is 6.11. The summed E-state index contributed by atoms with van der Waals surface area (Å²) < 4.78 is 1.05. The molecule has 1 rings (SSSR count). The van der Waals surface area contributed by atoms with E-state index in [0.29, 0.717) is 0 Å². The first-order valence-electron chi connectivity index (χ1n) is 4.27. The Labute approximate surface area is 96.4 Å². The van der Waals surface area contributed by atoms with Crippen LogP contribution in [0.3, 0.4) is 0 Å². The molecule has 0 saturated heterocycles. The van der Waals surface area contributed by atoms with Crippen LogP contribution in [0, 0.1) is 12.3 Å². The fraction of sp³-hybridized carbons (Fsp3) is 0.222. The molecule has 6 nitrogen and oxygen atoms in total. The molecule has 0 aliphatic carbocycles. The van der Waals surface area contributed by atoms with Gasteiger partial charge in [0.15, 0.2) is 5.15 Å². The highest BCUT2D eigenvalue weighted by molar-refractivity contribution is 6.31. The summed E-state index contributed by atoms with van der Waals surface area (Å²) in [7, 11) is 0. The van der Waals surface area contributed by atoms with Crippen LogP contribution in [-0.4, -0.2) is 22.0 Å². The molecule has 1 aromatic rings. The minimum Gasteiger partial charge on any atom is -0.392 e. The molecule has 1 heterocycles. The van der Waals surface area contributed by atoms with Crippen molar-refractivity contribution in [2.75, 3.05) is 12.3 Å². The largest absolute Gasteiger partial charge is 0.392 e. The lowest BCUT2D eigenvalue weighted by Gasteiger charge is -2.06. The van der Waals surface area contributed by atoms with Crippen LogP contribution in [0.2, 0.25) is 5.15 Å². The highest BCUT2D eigenvalue weighted by Gasteiger charge is 2.08. The van der Waals surface area contributed by atoms with Crippen LogP contribution in [0.5, 0.6) is 0 Å². The highest BCUT2D eigenvalue weighted by atomic mass is 35.5. The Hall–Kier alpha value is -2.00. The van der Waals surface area contributed by atoms with Crippen LogP contribution < -0.4 is 16.6 Å². The number of aromatic nitrogens is 2. The molecule has 0 aliphatic rings. The standard InChI is InChI=1S/C9H9ClN4O2/c1-2-3-12-6(15)4-14-5-13-8(10)7(11)9(14)16/h1,5H,3-4,11H2,(H,12,15). The number of halogens is 1. The summed E-state index contributed by atoms with van der Waals surface area (Å²) >= 11 is 5.53. The molecule has 0 aliphatic heterocycles. The second kappa shape index (κ2) is 5.19. The highest BCUT2D eigenvalue weighted by Crippen LogP contribution is 2.07. The summed E-state index contributed by atoms with van der Waals surface area (Å²) in [5, 5.41) is 2.33. The quantitative estimate of drug-likeness (QED) is 0.536. The number of terminal acetylenes is 1. The maximum atomic E-state index is 11.5. The van der Waals surface area contributed by atoms with Gasteiger partial charge in [0, 0.05) is 0 Å². The molecule has 0 fully saturated rings. The van der Waals surface area contributed by atoms with Crippen LogP contribution >= 0.6 is 11.6 Å². The third-order valence-electron chi connectivity index (χ3n) is 1.73. The second-order valence-electron chi connectivity index (χ2n) is 2.86. The lowest BCUT2D eigenvalue weighted by Crippen LogP contribution is -2.33. The number of rotatable bonds is 3. The molecule has 3 N–H and O–H groups in total. The third kappa shape index (κ3) is 2.74. The molecule has 0 aromatic carbocycles. The molecule has 84 valence electrons. The van der Waals surface area contributed by atoms with Gasteiger partial charge in [0.05, 0.1) is 12.9 Å². The van der Waals surface area contributed by atoms with Crippen molar-refractivity contribution in [1.29, 1.82) is 0 Å². The third-order valence-corrected chi connectivity index (χ3v) is 2.03. The number of nitrogen functional groups attached to an aromatic ring is 1. The summed E-state index contributed by atoms with van der Waals surface area (Å²) in [4.78, 5) is 26.4. The second-order valence-corrected chi connectivity index (χ2v) is 3.22. The zero-order valence-electron chi connectivity index (χ0n) is 8.24. The van der Waals surface area contributed by atoms with Crippen molar-refractivity contribution in [3.63, 3.8) is 0 Å². The van der Waals surface area contributed by atoms with Gasteiger partial charge in [-0.2, -0.15) is 0 Å². The summed E-state index contributed by atoms with van der Waals surface area (Å²) in [5.41, 5.74) is 4.62. The number of nitrogens with one attached hydrogen (secondary N) is 1. The number of amides is 1. The molecular formula is C9H9ClN4O2. The van der Waals surface area contributed by atoms with Gasteiger partial charge in [0.2, 0.25) is 5.91 Å². The summed E-state index contributed by atoms with van der Waals surface area (Å²) in [5.74, 6) is 1.84. The maximum Gasteiger partial charge on any atom is 0.278 e. The summed E-state index contributed by atoms with van der Waals surface area (Å²) in [6, 6.07) is 0. The van der Waals surface area contributed by atoms with Gasteiger partial charge < -0.3 is 11.1 Å². The van der Waals surface area contributed by atoms with Crippen molar-refractivity contribution < 1.29 is 4.79 Å². The van der Waals surface area contributed by atoms with Gasteiger partial charge in [-0.3, -0.25) is 14.2 Å². The van der Waals surface area contributed by atoms with E-state index in [1.165, 1.54) is 0 Å². The monoisotopic (exact) mass is 240 g/mol. The fourth-order valence-electron chi connectivity index (χ4n) is 0.958. The fourth-order valence-corrected chi connectivity index (χ4v) is 1.08. The average molecular weight is 241 g/mol. The van der Waals surface area contributed by atoms with Crippen molar-refractivity contribution in [2.45, 2.75) is 6.54 Å². The number of hydrogen-bond donors (Lipinski definition) is 2. The molecule has 1 amide bonds. The Kier molecular flexibility index (Phi) is 3.91. The lowest BCUT2D eigenvalue weighted by atomic mass is 10.5. The van der Waals surface area contributed by atoms with Crippen molar-refractivity contribution in [3.05, 3.63) is 21.8 Å². The average Bonchev–Trinajstić information content (AvgIpc) is 2.27. The first-order chi connectivity index (χ1) is 7.56. The van der Waals surface area contributed by atoms with Crippen molar-refractivity contribution >= 4 is 23.2 Å². The van der Waals surface area contributed by atoms with Crippen LogP contribution in [-0.2, 0) is 11.3 Å². The van der Waals surface area contributed by atoms with Gasteiger partial charge in [-0.25, -0.2) is 4.98 Å². The Morgan fingerprint density at radius 2 is 2.44 bits per heavy atom. The minimum absolute atomic E-state index is 0.0784. The molecular weight excluding hydrogens is 232 g/mol. The predicted molar refractivity (Wildman–Crippen MR) is 59.8 cm³/mol. The molecule has 0 unspecified atom stereocenters. The van der Waals surface area contributed by atoms with Crippen molar-refractivity contribution in [3.8, 4) is 12.3 Å². The Morgan fingerprint density at radius 1 is 1.75 bits per heavy atom. The SMILES string of the molecule is C#CCNC(=O)Cn1cnc(Cl)c(N)c1=O. The molecule has 1 aromatic heterocycles. The van der Waals surface area contributed by atoms with Crippen molar-refractivity contribution in [2.24, 2.45) is 0 Å². The maximum absolute atomic E-state index is 11.5. The number of carbonyl (C=O) groups is 1. The van der Waals surface area contributed by atoms with E-state index in [1.807, 2.05) is 0 Å². The van der Waals surface area contributed by atoms with E-state index in [1.54, 1.807) is 0 Å². The van der Waals surface area contributed by atoms with E-state index < -0.39 is 11.5 Å². The van der Waals surface area contributed by atoms with Crippen LogP contribution in [0.15, 0.2) is 11.1 Å². The van der Waals surface area contributed by atoms with Gasteiger partial charge in [0.25, 0.3) is 5.56 Å². The van der Waals surface area contributed by atoms with E-state index in [9.17, 15) is 9.59 Å². The molecule has 0 radical (unpaired) electrons. The zero-order valence-corrected chi connectivity index (χ0v) is 8.99. The molecule has 16 heavy (non-hydrogen) atoms. The predicted octanol–water partition coefficient (Wildman–Crippen LogP) is -0.772. The van der Waals surface area contributed by atoms with Crippen LogP contribution in [0.1, 0.15) is 0 Å². The van der Waals surface area contributed by atoms with Gasteiger partial charge in [0.1, 0.15) is 12.2 Å². The number of hydrogen-bond acceptors (Lipinski definition) is 4. The van der Waals surface area contributed by atoms with Crippen molar-refractivity contribution in [1.82, 2.24) is 14.9 Å². The number of carbonyl (C=O) groups excluding carboxylic acids is 1. The van der Waals surface area contributed by atoms with Gasteiger partial charge in [-0.05, 0) is 0 Å². The van der Waals surface area contributed by atoms with E-state index >= 15 is 0 Å². The molecule has 0 atom stereocenters. The van der Waals surface area contributed by atoms with Gasteiger partial charge >= 0.3 is 0 Å². The topological polar surface area (TPSA) is 90.0 Å². The minimum atomic E-state index is -0.559. The van der Waals surface area contributed by atoms with E-state index in [0.717, 1.165) is 10.9 Å². The molecule has 0 bridgehead atoms. The molecule has 0 spiro atoms. The first-order valence-corrected chi connectivity index (χ1v) is 4.64. The first kappa shape index (κ1) is 12.1. The van der Waals surface area contributed by atoms with Gasteiger partial charge in [-0.15, -0.1) is 6.42 Å². The number of nitrogens with zero attached hydrogens (tertiary/aromatic N) is 2. The molecule has 7 heteroatoms. The Bertz CT molecular complexity index is 503. The summed E-state index contributed by atoms with van der Waals surface area (Å²) in [6.45, 7) is -0.0982. The molecule has 0 saturated carbocycles. The number of nitrogens with two attached hydrogens (primary N) is 1. The zero-order chi connectivity index (χ0) is 12.1. The van der Waals surface area contributed by atoms with E-state index in [2.05, 4.69) is 16.2 Å². The van der Waals surface area contributed by atoms with Crippen LogP contribution in [0.25, 0.3) is 0 Å². The smallest absolute Gasteiger partial charge is 0.278 e. The number of anilines is 1. The normalized spacial score (nSPS) is 9.50. The Balaban J connectivity index is 2.84. The van der Waals surface area contributed by atoms with Crippen LogP contribution in [0.4, 0.5) is 5.69 Å². The van der Waals surface area contributed by atoms with Gasteiger partial charge in [-0.1, -0.05) is 17.5 Å². The Morgan fingerprint density at radius 3 is 3.06 bits per heavy atom. The van der Waals surface area contributed by atoms with E-state index in [4.69, 9.17) is 23.8 Å².